The lowest BCUT2D eigenvalue weighted by Crippen LogP contribution is -2.51. The molecule has 2 aliphatic rings. The number of benzene rings is 1. The maximum absolute atomic E-state index is 12.4. The van der Waals surface area contributed by atoms with E-state index in [2.05, 4.69) is 5.32 Å². The fraction of sp³-hybridized carbons (Fsp3) is 0.438. The number of carbonyl (C=O) groups excluding carboxylic acids is 3. The van der Waals surface area contributed by atoms with E-state index in [1.54, 1.807) is 21.9 Å². The van der Waals surface area contributed by atoms with Crippen molar-refractivity contribution in [2.45, 2.75) is 19.4 Å². The molecule has 3 amide bonds. The highest BCUT2D eigenvalue weighted by molar-refractivity contribution is 5.99. The number of piperazine rings is 1. The average molecular weight is 317 g/mol. The van der Waals surface area contributed by atoms with Crippen molar-refractivity contribution in [1.29, 1.82) is 0 Å². The quantitative estimate of drug-likeness (QED) is 0.860. The molecule has 0 aromatic heterocycles. The SMILES string of the molecule is CC(=O)N1CCN(C(=O)CC2Oc3ccccc3NC2=O)CC1. The number of nitrogens with one attached hydrogen (secondary N) is 1. The Hall–Kier alpha value is -2.57. The largest absolute Gasteiger partial charge is 0.478 e. The van der Waals surface area contributed by atoms with Crippen molar-refractivity contribution in [3.63, 3.8) is 0 Å². The summed E-state index contributed by atoms with van der Waals surface area (Å²) in [6, 6.07) is 7.14. The number of carbonyl (C=O) groups is 3. The third-order valence-corrected chi connectivity index (χ3v) is 4.14. The molecular weight excluding hydrogens is 298 g/mol. The van der Waals surface area contributed by atoms with Crippen LogP contribution in [0.3, 0.4) is 0 Å². The number of fused-ring (bicyclic) bond motifs is 1. The molecule has 3 rings (SSSR count). The van der Waals surface area contributed by atoms with Crippen LogP contribution in [-0.2, 0) is 14.4 Å². The summed E-state index contributed by atoms with van der Waals surface area (Å²) in [5.41, 5.74) is 0.622. The van der Waals surface area contributed by atoms with Crippen LogP contribution in [0.15, 0.2) is 24.3 Å². The van der Waals surface area contributed by atoms with Crippen LogP contribution < -0.4 is 10.1 Å². The Labute approximate surface area is 134 Å². The maximum Gasteiger partial charge on any atom is 0.266 e. The molecule has 1 aromatic carbocycles. The van der Waals surface area contributed by atoms with Crippen LogP contribution >= 0.6 is 0 Å². The van der Waals surface area contributed by atoms with Gasteiger partial charge >= 0.3 is 0 Å². The summed E-state index contributed by atoms with van der Waals surface area (Å²) in [6.07, 6.45) is -0.816. The van der Waals surface area contributed by atoms with E-state index in [0.29, 0.717) is 37.6 Å². The Bertz CT molecular complexity index is 638. The fourth-order valence-electron chi connectivity index (χ4n) is 2.79. The van der Waals surface area contributed by atoms with Crippen LogP contribution in [-0.4, -0.2) is 59.8 Å². The van der Waals surface area contributed by atoms with E-state index >= 15 is 0 Å². The van der Waals surface area contributed by atoms with Gasteiger partial charge in [-0.3, -0.25) is 14.4 Å². The summed E-state index contributed by atoms with van der Waals surface area (Å²) in [4.78, 5) is 39.1. The molecule has 1 fully saturated rings. The molecule has 7 nitrogen and oxygen atoms in total. The first-order valence-corrected chi connectivity index (χ1v) is 7.64. The van der Waals surface area contributed by atoms with Gasteiger partial charge < -0.3 is 19.9 Å². The Kier molecular flexibility index (Phi) is 4.18. The van der Waals surface area contributed by atoms with Gasteiger partial charge in [-0.1, -0.05) is 12.1 Å². The Morgan fingerprint density at radius 1 is 1.17 bits per heavy atom. The minimum atomic E-state index is -0.816. The van der Waals surface area contributed by atoms with E-state index in [0.717, 1.165) is 0 Å². The van der Waals surface area contributed by atoms with Gasteiger partial charge in [0.05, 0.1) is 12.1 Å². The summed E-state index contributed by atoms with van der Waals surface area (Å²) >= 11 is 0. The molecule has 0 saturated carbocycles. The molecule has 0 radical (unpaired) electrons. The van der Waals surface area contributed by atoms with Crippen LogP contribution in [0.4, 0.5) is 5.69 Å². The summed E-state index contributed by atoms with van der Waals surface area (Å²) in [5.74, 6) is 0.155. The first-order valence-electron chi connectivity index (χ1n) is 7.64. The molecule has 23 heavy (non-hydrogen) atoms. The summed E-state index contributed by atoms with van der Waals surface area (Å²) in [7, 11) is 0. The van der Waals surface area contributed by atoms with E-state index in [1.165, 1.54) is 6.92 Å². The normalized spacial score (nSPS) is 20.4. The highest BCUT2D eigenvalue weighted by atomic mass is 16.5. The van der Waals surface area contributed by atoms with Crippen molar-refractivity contribution in [2.24, 2.45) is 0 Å². The molecule has 122 valence electrons. The number of amides is 3. The van der Waals surface area contributed by atoms with Gasteiger partial charge in [0.2, 0.25) is 11.8 Å². The summed E-state index contributed by atoms with van der Waals surface area (Å²) in [6.45, 7) is 3.56. The number of hydrogen-bond donors (Lipinski definition) is 1. The zero-order valence-corrected chi connectivity index (χ0v) is 12.9. The average Bonchev–Trinajstić information content (AvgIpc) is 2.55. The van der Waals surface area contributed by atoms with E-state index in [4.69, 9.17) is 4.74 Å². The third-order valence-electron chi connectivity index (χ3n) is 4.14. The van der Waals surface area contributed by atoms with Gasteiger partial charge in [-0.15, -0.1) is 0 Å². The van der Waals surface area contributed by atoms with Gasteiger partial charge in [-0.25, -0.2) is 0 Å². The first-order chi connectivity index (χ1) is 11.0. The van der Waals surface area contributed by atoms with Gasteiger partial charge in [0.25, 0.3) is 5.91 Å². The standard InChI is InChI=1S/C16H19N3O4/c1-11(20)18-6-8-19(9-7-18)15(21)10-14-16(22)17-12-4-2-3-5-13(12)23-14/h2-5,14H,6-10H2,1H3,(H,17,22). The lowest BCUT2D eigenvalue weighted by atomic mass is 10.1. The molecule has 2 aliphatic heterocycles. The van der Waals surface area contributed by atoms with Crippen LogP contribution in [0.1, 0.15) is 13.3 Å². The first kappa shape index (κ1) is 15.3. The molecule has 1 N–H and O–H groups in total. The maximum atomic E-state index is 12.4. The molecular formula is C16H19N3O4. The highest BCUT2D eigenvalue weighted by Crippen LogP contribution is 2.29. The second kappa shape index (κ2) is 6.28. The van der Waals surface area contributed by atoms with Crippen molar-refractivity contribution in [3.8, 4) is 5.75 Å². The zero-order chi connectivity index (χ0) is 16.4. The lowest BCUT2D eigenvalue weighted by Gasteiger charge is -2.35. The van der Waals surface area contributed by atoms with E-state index in [-0.39, 0.29) is 24.1 Å². The predicted molar refractivity (Wildman–Crippen MR) is 82.9 cm³/mol. The Morgan fingerprint density at radius 3 is 2.52 bits per heavy atom. The molecule has 1 aromatic rings. The van der Waals surface area contributed by atoms with Crippen molar-refractivity contribution in [2.75, 3.05) is 31.5 Å². The van der Waals surface area contributed by atoms with E-state index in [1.807, 2.05) is 12.1 Å². The Balaban J connectivity index is 1.58. The fourth-order valence-corrected chi connectivity index (χ4v) is 2.79. The van der Waals surface area contributed by atoms with E-state index < -0.39 is 6.10 Å². The molecule has 0 bridgehead atoms. The number of ether oxygens (including phenoxy) is 1. The molecule has 2 heterocycles. The monoisotopic (exact) mass is 317 g/mol. The molecule has 1 saturated heterocycles. The lowest BCUT2D eigenvalue weighted by molar-refractivity contribution is -0.141. The van der Waals surface area contributed by atoms with Crippen LogP contribution in [0, 0.1) is 0 Å². The number of nitrogens with zero attached hydrogens (tertiary/aromatic N) is 2. The van der Waals surface area contributed by atoms with Crippen molar-refractivity contribution >= 4 is 23.4 Å². The van der Waals surface area contributed by atoms with Crippen LogP contribution in [0.25, 0.3) is 0 Å². The number of hydrogen-bond acceptors (Lipinski definition) is 4. The van der Waals surface area contributed by atoms with Gasteiger partial charge in [0.15, 0.2) is 6.10 Å². The summed E-state index contributed by atoms with van der Waals surface area (Å²) < 4.78 is 5.64. The minimum absolute atomic E-state index is 0.000237. The van der Waals surface area contributed by atoms with E-state index in [9.17, 15) is 14.4 Å². The number of para-hydroxylation sites is 2. The molecule has 7 heteroatoms. The molecule has 1 atom stereocenters. The second-order valence-corrected chi connectivity index (χ2v) is 5.68. The van der Waals surface area contributed by atoms with Crippen LogP contribution in [0.2, 0.25) is 0 Å². The van der Waals surface area contributed by atoms with Crippen molar-refractivity contribution in [1.82, 2.24) is 9.80 Å². The third kappa shape index (κ3) is 3.28. The highest BCUT2D eigenvalue weighted by Gasteiger charge is 2.32. The molecule has 1 unspecified atom stereocenters. The van der Waals surface area contributed by atoms with Crippen molar-refractivity contribution < 1.29 is 19.1 Å². The summed E-state index contributed by atoms with van der Waals surface area (Å²) in [5, 5.41) is 2.75. The van der Waals surface area contributed by atoms with Gasteiger partial charge in [-0.05, 0) is 12.1 Å². The van der Waals surface area contributed by atoms with Gasteiger partial charge in [-0.2, -0.15) is 0 Å². The van der Waals surface area contributed by atoms with Gasteiger partial charge in [0, 0.05) is 33.1 Å². The second-order valence-electron chi connectivity index (χ2n) is 5.68. The van der Waals surface area contributed by atoms with Crippen molar-refractivity contribution in [3.05, 3.63) is 24.3 Å². The minimum Gasteiger partial charge on any atom is -0.478 e. The van der Waals surface area contributed by atoms with Gasteiger partial charge in [0.1, 0.15) is 5.75 Å². The molecule has 0 aliphatic carbocycles. The number of rotatable bonds is 2. The Morgan fingerprint density at radius 2 is 1.83 bits per heavy atom. The topological polar surface area (TPSA) is 79.0 Å². The number of anilines is 1. The predicted octanol–water partition coefficient (Wildman–Crippen LogP) is 0.467. The van der Waals surface area contributed by atoms with Crippen LogP contribution in [0.5, 0.6) is 5.75 Å². The smallest absolute Gasteiger partial charge is 0.266 e. The molecule has 0 spiro atoms. The zero-order valence-electron chi connectivity index (χ0n) is 12.9.